The van der Waals surface area contributed by atoms with Crippen LogP contribution in [0.1, 0.15) is 23.9 Å². The van der Waals surface area contributed by atoms with Crippen molar-refractivity contribution in [3.8, 4) is 6.07 Å². The van der Waals surface area contributed by atoms with Crippen LogP contribution in [0.2, 0.25) is 10.0 Å². The van der Waals surface area contributed by atoms with E-state index in [2.05, 4.69) is 31.7 Å². The van der Waals surface area contributed by atoms with E-state index in [1.165, 1.54) is 6.92 Å². The van der Waals surface area contributed by atoms with Gasteiger partial charge in [-0.3, -0.25) is 10.1 Å². The van der Waals surface area contributed by atoms with Gasteiger partial charge in [-0.15, -0.1) is 0 Å². The van der Waals surface area contributed by atoms with Gasteiger partial charge in [0.15, 0.2) is 0 Å². The minimum atomic E-state index is -0.308. The predicted molar refractivity (Wildman–Crippen MR) is 108 cm³/mol. The molecule has 7 nitrogen and oxygen atoms in total. The molecule has 0 atom stereocenters. The molecular formula is C19H14Cl2N6O. The van der Waals surface area contributed by atoms with E-state index in [0.29, 0.717) is 32.7 Å². The third-order valence-corrected chi connectivity index (χ3v) is 4.34. The number of hydrogen-bond donors (Lipinski definition) is 2. The Morgan fingerprint density at radius 3 is 2.29 bits per heavy atom. The fourth-order valence-corrected chi connectivity index (χ4v) is 2.92. The summed E-state index contributed by atoms with van der Waals surface area (Å²) in [5.41, 5.74) is 1.89. The maximum Gasteiger partial charge on any atom is 0.234 e. The Morgan fingerprint density at radius 2 is 1.68 bits per heavy atom. The number of nitrogens with zero attached hydrogens (tertiary/aromatic N) is 4. The summed E-state index contributed by atoms with van der Waals surface area (Å²) in [6.07, 6.45) is 0.260. The normalized spacial score (nSPS) is 10.2. The van der Waals surface area contributed by atoms with Crippen molar-refractivity contribution in [2.24, 2.45) is 0 Å². The molecule has 0 bridgehead atoms. The highest BCUT2D eigenvalue weighted by Gasteiger charge is 2.13. The Labute approximate surface area is 171 Å². The second kappa shape index (κ2) is 8.65. The molecule has 0 fully saturated rings. The Hall–Kier alpha value is -3.21. The van der Waals surface area contributed by atoms with E-state index in [-0.39, 0.29) is 24.2 Å². The standard InChI is InChI=1S/C19H14Cl2N6O/c1-11(28)23-18-25-17(9-14-15(20)3-2-4-16(14)21)26-19(27-18)24-13-7-5-12(10-22)6-8-13/h2-8H,9H2,1H3,(H2,23,24,25,26,27,28). The number of nitrogens with one attached hydrogen (secondary N) is 2. The Balaban J connectivity index is 1.94. The van der Waals surface area contributed by atoms with Crippen molar-refractivity contribution in [1.82, 2.24) is 15.0 Å². The molecule has 0 unspecified atom stereocenters. The van der Waals surface area contributed by atoms with Gasteiger partial charge in [-0.1, -0.05) is 29.3 Å². The quantitative estimate of drug-likeness (QED) is 0.645. The molecule has 0 aliphatic carbocycles. The zero-order chi connectivity index (χ0) is 20.1. The molecule has 1 heterocycles. The van der Waals surface area contributed by atoms with Gasteiger partial charge in [0, 0.05) is 29.1 Å². The molecule has 1 aromatic heterocycles. The Morgan fingerprint density at radius 1 is 1.04 bits per heavy atom. The van der Waals surface area contributed by atoms with Crippen LogP contribution in [0.5, 0.6) is 0 Å². The van der Waals surface area contributed by atoms with Crippen molar-refractivity contribution in [3.63, 3.8) is 0 Å². The van der Waals surface area contributed by atoms with Crippen LogP contribution in [0.25, 0.3) is 0 Å². The first-order valence-corrected chi connectivity index (χ1v) is 8.93. The summed E-state index contributed by atoms with van der Waals surface area (Å²) in [6.45, 7) is 1.36. The van der Waals surface area contributed by atoms with E-state index in [9.17, 15) is 4.79 Å². The van der Waals surface area contributed by atoms with Gasteiger partial charge in [0.2, 0.25) is 17.8 Å². The predicted octanol–water partition coefficient (Wildman–Crippen LogP) is 4.34. The summed E-state index contributed by atoms with van der Waals surface area (Å²) >= 11 is 12.5. The van der Waals surface area contributed by atoms with Crippen molar-refractivity contribution in [2.75, 3.05) is 10.6 Å². The zero-order valence-electron chi connectivity index (χ0n) is 14.7. The number of hydrogen-bond acceptors (Lipinski definition) is 6. The molecule has 9 heteroatoms. The first-order chi connectivity index (χ1) is 13.4. The third kappa shape index (κ3) is 4.94. The number of aromatic nitrogens is 3. The number of benzene rings is 2. The lowest BCUT2D eigenvalue weighted by Gasteiger charge is -2.10. The van der Waals surface area contributed by atoms with E-state index < -0.39 is 0 Å². The Bertz CT molecular complexity index is 1040. The largest absolute Gasteiger partial charge is 0.324 e. The number of carbonyl (C=O) groups is 1. The van der Waals surface area contributed by atoms with Crippen LogP contribution in [-0.2, 0) is 11.2 Å². The number of amides is 1. The van der Waals surface area contributed by atoms with Crippen LogP contribution in [0.15, 0.2) is 42.5 Å². The summed E-state index contributed by atoms with van der Waals surface area (Å²) in [4.78, 5) is 24.3. The summed E-state index contributed by atoms with van der Waals surface area (Å²) in [5, 5.41) is 15.5. The minimum Gasteiger partial charge on any atom is -0.324 e. The lowest BCUT2D eigenvalue weighted by molar-refractivity contribution is -0.114. The lowest BCUT2D eigenvalue weighted by Crippen LogP contribution is -2.13. The van der Waals surface area contributed by atoms with Gasteiger partial charge < -0.3 is 5.32 Å². The molecule has 0 aliphatic rings. The molecule has 0 radical (unpaired) electrons. The highest BCUT2D eigenvalue weighted by Crippen LogP contribution is 2.26. The fourth-order valence-electron chi connectivity index (χ4n) is 2.38. The van der Waals surface area contributed by atoms with Gasteiger partial charge in [-0.05, 0) is 42.0 Å². The van der Waals surface area contributed by atoms with Crippen LogP contribution in [0.4, 0.5) is 17.6 Å². The SMILES string of the molecule is CC(=O)Nc1nc(Cc2c(Cl)cccc2Cl)nc(Nc2ccc(C#N)cc2)n1. The molecule has 1 amide bonds. The third-order valence-electron chi connectivity index (χ3n) is 3.64. The van der Waals surface area contributed by atoms with Gasteiger partial charge in [0.05, 0.1) is 11.6 Å². The van der Waals surface area contributed by atoms with Crippen LogP contribution in [0, 0.1) is 11.3 Å². The summed E-state index contributed by atoms with van der Waals surface area (Å²) < 4.78 is 0. The van der Waals surface area contributed by atoms with Gasteiger partial charge >= 0.3 is 0 Å². The van der Waals surface area contributed by atoms with Crippen molar-refractivity contribution in [3.05, 3.63) is 69.5 Å². The smallest absolute Gasteiger partial charge is 0.234 e. The Kier molecular flexibility index (Phi) is 6.04. The van der Waals surface area contributed by atoms with Crippen LogP contribution >= 0.6 is 23.2 Å². The number of anilines is 3. The molecule has 2 N–H and O–H groups in total. The number of carbonyl (C=O) groups excluding carboxylic acids is 1. The monoisotopic (exact) mass is 412 g/mol. The molecule has 0 spiro atoms. The van der Waals surface area contributed by atoms with Gasteiger partial charge in [-0.25, -0.2) is 0 Å². The van der Waals surface area contributed by atoms with Gasteiger partial charge in [0.1, 0.15) is 5.82 Å². The second-order valence-corrected chi connectivity index (χ2v) is 6.59. The number of nitriles is 1. The van der Waals surface area contributed by atoms with Crippen molar-refractivity contribution < 1.29 is 4.79 Å². The molecular weight excluding hydrogens is 399 g/mol. The van der Waals surface area contributed by atoms with E-state index in [1.54, 1.807) is 42.5 Å². The molecule has 0 saturated carbocycles. The molecule has 0 aliphatic heterocycles. The molecule has 2 aromatic carbocycles. The minimum absolute atomic E-state index is 0.108. The van der Waals surface area contributed by atoms with Crippen LogP contribution in [0.3, 0.4) is 0 Å². The molecule has 140 valence electrons. The van der Waals surface area contributed by atoms with E-state index >= 15 is 0 Å². The van der Waals surface area contributed by atoms with Crippen molar-refractivity contribution in [1.29, 1.82) is 5.26 Å². The van der Waals surface area contributed by atoms with Gasteiger partial charge in [0.25, 0.3) is 0 Å². The average molecular weight is 413 g/mol. The zero-order valence-corrected chi connectivity index (χ0v) is 16.2. The van der Waals surface area contributed by atoms with Crippen molar-refractivity contribution in [2.45, 2.75) is 13.3 Å². The first kappa shape index (κ1) is 19.5. The molecule has 3 rings (SSSR count). The highest BCUT2D eigenvalue weighted by molar-refractivity contribution is 6.36. The van der Waals surface area contributed by atoms with E-state index in [0.717, 1.165) is 0 Å². The maximum absolute atomic E-state index is 11.4. The van der Waals surface area contributed by atoms with Crippen LogP contribution in [-0.4, -0.2) is 20.9 Å². The maximum atomic E-state index is 11.4. The number of rotatable bonds is 5. The van der Waals surface area contributed by atoms with E-state index in [4.69, 9.17) is 28.5 Å². The number of halogens is 2. The fraction of sp³-hybridized carbons (Fsp3) is 0.105. The van der Waals surface area contributed by atoms with Gasteiger partial charge in [-0.2, -0.15) is 20.2 Å². The molecule has 0 saturated heterocycles. The molecule has 3 aromatic rings. The lowest BCUT2D eigenvalue weighted by atomic mass is 10.1. The second-order valence-electron chi connectivity index (χ2n) is 5.77. The summed E-state index contributed by atoms with van der Waals surface area (Å²) in [5.74, 6) is 0.417. The van der Waals surface area contributed by atoms with E-state index in [1.807, 2.05) is 0 Å². The van der Waals surface area contributed by atoms with Crippen LogP contribution < -0.4 is 10.6 Å². The average Bonchev–Trinajstić information content (AvgIpc) is 2.65. The summed E-state index contributed by atoms with van der Waals surface area (Å²) in [7, 11) is 0. The topological polar surface area (TPSA) is 104 Å². The first-order valence-electron chi connectivity index (χ1n) is 8.17. The summed E-state index contributed by atoms with van der Waals surface area (Å²) in [6, 6.07) is 14.1. The van der Waals surface area contributed by atoms with Crippen molar-refractivity contribution >= 4 is 46.7 Å². The molecule has 28 heavy (non-hydrogen) atoms. The highest BCUT2D eigenvalue weighted by atomic mass is 35.5.